The van der Waals surface area contributed by atoms with Gasteiger partial charge in [-0.25, -0.2) is 0 Å². The molecule has 90 valence electrons. The van der Waals surface area contributed by atoms with Crippen molar-refractivity contribution < 1.29 is 9.66 Å². The lowest BCUT2D eigenvalue weighted by atomic mass is 10.2. The Morgan fingerprint density at radius 2 is 2.29 bits per heavy atom. The number of hydrogen-bond acceptors (Lipinski definition) is 4. The lowest BCUT2D eigenvalue weighted by molar-refractivity contribution is -0.384. The number of ether oxygens (including phenoxy) is 1. The first-order valence-corrected chi connectivity index (χ1v) is 5.27. The van der Waals surface area contributed by atoms with Crippen LogP contribution in [0.4, 0.5) is 11.4 Å². The van der Waals surface area contributed by atoms with E-state index in [9.17, 15) is 10.1 Å². The van der Waals surface area contributed by atoms with Crippen molar-refractivity contribution in [3.8, 4) is 18.1 Å². The molecular formula is C12H14N2O3. The first kappa shape index (κ1) is 12.8. The Morgan fingerprint density at radius 3 is 2.88 bits per heavy atom. The van der Waals surface area contributed by atoms with E-state index < -0.39 is 4.92 Å². The second-order valence-electron chi connectivity index (χ2n) is 3.29. The number of non-ortho nitro benzene ring substituents is 1. The Bertz CT molecular complexity index is 438. The third kappa shape index (κ3) is 4.03. The molecule has 0 saturated carbocycles. The molecule has 0 aliphatic rings. The van der Waals surface area contributed by atoms with E-state index in [1.165, 1.54) is 12.1 Å². The van der Waals surface area contributed by atoms with Crippen molar-refractivity contribution in [2.45, 2.75) is 13.3 Å². The summed E-state index contributed by atoms with van der Waals surface area (Å²) in [5.74, 6) is 2.96. The van der Waals surface area contributed by atoms with Crippen LogP contribution in [0.25, 0.3) is 0 Å². The number of terminal acetylenes is 1. The van der Waals surface area contributed by atoms with Crippen molar-refractivity contribution in [1.29, 1.82) is 0 Å². The SMILES string of the molecule is C#CCCNc1cc(OCC)cc([N+](=O)[O-])c1. The summed E-state index contributed by atoms with van der Waals surface area (Å²) in [7, 11) is 0. The van der Waals surface area contributed by atoms with Gasteiger partial charge in [0.25, 0.3) is 5.69 Å². The summed E-state index contributed by atoms with van der Waals surface area (Å²) >= 11 is 0. The molecular weight excluding hydrogens is 220 g/mol. The maximum absolute atomic E-state index is 10.7. The van der Waals surface area contributed by atoms with E-state index in [2.05, 4.69) is 11.2 Å². The van der Waals surface area contributed by atoms with Gasteiger partial charge in [0.1, 0.15) is 5.75 Å². The number of rotatable bonds is 6. The summed E-state index contributed by atoms with van der Waals surface area (Å²) < 4.78 is 5.26. The van der Waals surface area contributed by atoms with Gasteiger partial charge < -0.3 is 10.1 Å². The molecule has 0 radical (unpaired) electrons. The molecule has 1 N–H and O–H groups in total. The van der Waals surface area contributed by atoms with Crippen molar-refractivity contribution in [2.75, 3.05) is 18.5 Å². The molecule has 0 bridgehead atoms. The average molecular weight is 234 g/mol. The minimum absolute atomic E-state index is 0.000780. The van der Waals surface area contributed by atoms with Gasteiger partial charge in [-0.2, -0.15) is 0 Å². The van der Waals surface area contributed by atoms with Gasteiger partial charge in [-0.1, -0.05) is 0 Å². The molecule has 1 aromatic rings. The first-order chi connectivity index (χ1) is 8.17. The van der Waals surface area contributed by atoms with Crippen molar-refractivity contribution in [3.05, 3.63) is 28.3 Å². The Hall–Kier alpha value is -2.22. The van der Waals surface area contributed by atoms with Gasteiger partial charge in [-0.05, 0) is 6.92 Å². The zero-order valence-corrected chi connectivity index (χ0v) is 9.60. The molecule has 17 heavy (non-hydrogen) atoms. The summed E-state index contributed by atoms with van der Waals surface area (Å²) in [5, 5.41) is 13.7. The maximum Gasteiger partial charge on any atom is 0.275 e. The van der Waals surface area contributed by atoms with Crippen molar-refractivity contribution in [1.82, 2.24) is 0 Å². The third-order valence-electron chi connectivity index (χ3n) is 2.01. The van der Waals surface area contributed by atoms with E-state index in [4.69, 9.17) is 11.2 Å². The molecule has 0 unspecified atom stereocenters. The zero-order chi connectivity index (χ0) is 12.7. The minimum atomic E-state index is -0.450. The lowest BCUT2D eigenvalue weighted by Gasteiger charge is -2.08. The fraction of sp³-hybridized carbons (Fsp3) is 0.333. The molecule has 0 aliphatic heterocycles. The highest BCUT2D eigenvalue weighted by atomic mass is 16.6. The second-order valence-corrected chi connectivity index (χ2v) is 3.29. The maximum atomic E-state index is 10.7. The van der Waals surface area contributed by atoms with Crippen LogP contribution in [-0.2, 0) is 0 Å². The van der Waals surface area contributed by atoms with Crippen molar-refractivity contribution >= 4 is 11.4 Å². The summed E-state index contributed by atoms with van der Waals surface area (Å²) in [6, 6.07) is 4.57. The third-order valence-corrected chi connectivity index (χ3v) is 2.01. The highest BCUT2D eigenvalue weighted by Gasteiger charge is 2.10. The van der Waals surface area contributed by atoms with Gasteiger partial charge in [0, 0.05) is 30.8 Å². The van der Waals surface area contributed by atoms with Gasteiger partial charge >= 0.3 is 0 Å². The van der Waals surface area contributed by atoms with Crippen LogP contribution >= 0.6 is 0 Å². The number of nitrogens with one attached hydrogen (secondary N) is 1. The quantitative estimate of drug-likeness (QED) is 0.355. The van der Waals surface area contributed by atoms with E-state index in [0.29, 0.717) is 31.0 Å². The molecule has 0 fully saturated rings. The van der Waals surface area contributed by atoms with Gasteiger partial charge in [0.05, 0.1) is 17.6 Å². The summed E-state index contributed by atoms with van der Waals surface area (Å²) in [6.07, 6.45) is 5.69. The highest BCUT2D eigenvalue weighted by Crippen LogP contribution is 2.25. The fourth-order valence-corrected chi connectivity index (χ4v) is 1.32. The minimum Gasteiger partial charge on any atom is -0.494 e. The molecule has 0 atom stereocenters. The van der Waals surface area contributed by atoms with E-state index in [1.54, 1.807) is 6.07 Å². The Morgan fingerprint density at radius 1 is 1.53 bits per heavy atom. The van der Waals surface area contributed by atoms with Gasteiger partial charge in [-0.3, -0.25) is 10.1 Å². The fourth-order valence-electron chi connectivity index (χ4n) is 1.32. The smallest absolute Gasteiger partial charge is 0.275 e. The topological polar surface area (TPSA) is 64.4 Å². The van der Waals surface area contributed by atoms with Crippen LogP contribution in [0.2, 0.25) is 0 Å². The Kier molecular flexibility index (Phi) is 4.82. The van der Waals surface area contributed by atoms with E-state index >= 15 is 0 Å². The molecule has 0 aromatic heterocycles. The number of nitro benzene ring substituents is 1. The molecule has 0 amide bonds. The van der Waals surface area contributed by atoms with Crippen molar-refractivity contribution in [3.63, 3.8) is 0 Å². The van der Waals surface area contributed by atoms with Crippen LogP contribution < -0.4 is 10.1 Å². The molecule has 0 aliphatic carbocycles. The predicted molar refractivity (Wildman–Crippen MR) is 66.2 cm³/mol. The molecule has 5 nitrogen and oxygen atoms in total. The molecule has 0 heterocycles. The van der Waals surface area contributed by atoms with Crippen LogP contribution in [0.15, 0.2) is 18.2 Å². The average Bonchev–Trinajstić information content (AvgIpc) is 2.29. The number of anilines is 1. The molecule has 1 rings (SSSR count). The van der Waals surface area contributed by atoms with Crippen LogP contribution in [0.5, 0.6) is 5.75 Å². The standard InChI is InChI=1S/C12H14N2O3/c1-3-5-6-13-10-7-11(14(15)16)9-12(8-10)17-4-2/h1,7-9,13H,4-6H2,2H3. The normalized spacial score (nSPS) is 9.41. The predicted octanol–water partition coefficient (Wildman–Crippen LogP) is 2.43. The highest BCUT2D eigenvalue weighted by molar-refractivity contribution is 5.56. The number of nitrogens with zero attached hydrogens (tertiary/aromatic N) is 1. The summed E-state index contributed by atoms with van der Waals surface area (Å²) in [5.41, 5.74) is 0.636. The van der Waals surface area contributed by atoms with E-state index in [1.807, 2.05) is 6.92 Å². The molecule has 5 heteroatoms. The van der Waals surface area contributed by atoms with Crippen LogP contribution in [0, 0.1) is 22.5 Å². The Balaban J connectivity index is 2.88. The van der Waals surface area contributed by atoms with Gasteiger partial charge in [0.15, 0.2) is 0 Å². The van der Waals surface area contributed by atoms with Gasteiger partial charge in [-0.15, -0.1) is 12.3 Å². The number of nitro groups is 1. The van der Waals surface area contributed by atoms with Crippen molar-refractivity contribution in [2.24, 2.45) is 0 Å². The largest absolute Gasteiger partial charge is 0.494 e. The molecule has 0 saturated heterocycles. The van der Waals surface area contributed by atoms with E-state index in [0.717, 1.165) is 0 Å². The Labute approximate surface area is 99.9 Å². The zero-order valence-electron chi connectivity index (χ0n) is 9.60. The number of benzene rings is 1. The van der Waals surface area contributed by atoms with E-state index in [-0.39, 0.29) is 5.69 Å². The van der Waals surface area contributed by atoms with Gasteiger partial charge in [0.2, 0.25) is 0 Å². The summed E-state index contributed by atoms with van der Waals surface area (Å²) in [6.45, 7) is 2.86. The molecule has 0 spiro atoms. The van der Waals surface area contributed by atoms with Crippen LogP contribution in [-0.4, -0.2) is 18.1 Å². The lowest BCUT2D eigenvalue weighted by Crippen LogP contribution is -2.02. The second kappa shape index (κ2) is 6.38. The molecule has 1 aromatic carbocycles. The van der Waals surface area contributed by atoms with Crippen LogP contribution in [0.1, 0.15) is 13.3 Å². The monoisotopic (exact) mass is 234 g/mol. The van der Waals surface area contributed by atoms with Crippen LogP contribution in [0.3, 0.4) is 0 Å². The number of hydrogen-bond donors (Lipinski definition) is 1. The first-order valence-electron chi connectivity index (χ1n) is 5.27. The summed E-state index contributed by atoms with van der Waals surface area (Å²) in [4.78, 5) is 10.3.